The Morgan fingerprint density at radius 3 is 2.50 bits per heavy atom. The first-order chi connectivity index (χ1) is 8.29. The van der Waals surface area contributed by atoms with Gasteiger partial charge in [0.1, 0.15) is 11.1 Å². The predicted molar refractivity (Wildman–Crippen MR) is 66.5 cm³/mol. The molecule has 1 aliphatic heterocycles. The van der Waals surface area contributed by atoms with E-state index in [1.165, 1.54) is 0 Å². The van der Waals surface area contributed by atoms with E-state index >= 15 is 0 Å². The summed E-state index contributed by atoms with van der Waals surface area (Å²) in [6.45, 7) is 6.19. The highest BCUT2D eigenvalue weighted by atomic mass is 16.6. The number of likely N-dealkylation sites (N-methyl/N-ethyl adjacent to an activating group) is 1. The minimum Gasteiger partial charge on any atom is -0.444 e. The molecule has 104 valence electrons. The second-order valence-corrected chi connectivity index (χ2v) is 5.47. The number of nitrogens with one attached hydrogen (secondary N) is 2. The second-order valence-electron chi connectivity index (χ2n) is 5.47. The quantitative estimate of drug-likeness (QED) is 0.766. The lowest BCUT2D eigenvalue weighted by Gasteiger charge is -2.29. The second kappa shape index (κ2) is 5.67. The first kappa shape index (κ1) is 14.9. The lowest BCUT2D eigenvalue weighted by molar-refractivity contribution is -0.124. The molecule has 1 amide bonds. The van der Waals surface area contributed by atoms with Gasteiger partial charge in [0.15, 0.2) is 5.78 Å². The van der Waals surface area contributed by atoms with E-state index in [0.29, 0.717) is 13.0 Å². The van der Waals surface area contributed by atoms with Gasteiger partial charge >= 0.3 is 6.09 Å². The van der Waals surface area contributed by atoms with E-state index in [-0.39, 0.29) is 18.9 Å². The number of hydrogen-bond acceptors (Lipinski definition) is 5. The Balaban J connectivity index is 2.69. The van der Waals surface area contributed by atoms with Crippen molar-refractivity contribution >= 4 is 11.9 Å². The van der Waals surface area contributed by atoms with Gasteiger partial charge in [-0.25, -0.2) is 4.79 Å². The normalized spacial score (nSPS) is 23.8. The molecule has 18 heavy (non-hydrogen) atoms. The summed E-state index contributed by atoms with van der Waals surface area (Å²) in [4.78, 5) is 23.8. The molecule has 1 heterocycles. The minimum absolute atomic E-state index is 0.0895. The Labute approximate surface area is 107 Å². The molecule has 0 aromatic heterocycles. The van der Waals surface area contributed by atoms with Crippen molar-refractivity contribution in [1.29, 1.82) is 0 Å². The molecule has 1 rings (SSSR count). The third-order valence-corrected chi connectivity index (χ3v) is 2.63. The maximum absolute atomic E-state index is 12.1. The van der Waals surface area contributed by atoms with Crippen LogP contribution in [0, 0.1) is 0 Å². The van der Waals surface area contributed by atoms with Crippen LogP contribution in [0.4, 0.5) is 4.79 Å². The van der Waals surface area contributed by atoms with Crippen LogP contribution in [0.25, 0.3) is 0 Å². The summed E-state index contributed by atoms with van der Waals surface area (Å²) in [5.74, 6) is -0.0895. The molecule has 6 heteroatoms. The van der Waals surface area contributed by atoms with Crippen LogP contribution in [0.15, 0.2) is 0 Å². The summed E-state index contributed by atoms with van der Waals surface area (Å²) in [5, 5.41) is 5.45. The number of rotatable bonds is 4. The molecule has 0 radical (unpaired) electrons. The Kier molecular flexibility index (Phi) is 4.70. The highest BCUT2D eigenvalue weighted by Crippen LogP contribution is 2.20. The SMILES string of the molecule is CNCC(=O)C1(NC(=O)OC(C)(C)C)CCOC1. The van der Waals surface area contributed by atoms with Crippen molar-refractivity contribution in [2.45, 2.75) is 38.3 Å². The molecule has 1 aliphatic rings. The van der Waals surface area contributed by atoms with Gasteiger partial charge in [0.05, 0.1) is 13.2 Å². The Morgan fingerprint density at radius 1 is 1.39 bits per heavy atom. The van der Waals surface area contributed by atoms with E-state index in [9.17, 15) is 9.59 Å². The number of alkyl carbamates (subject to hydrolysis) is 1. The standard InChI is InChI=1S/C12H22N2O4/c1-11(2,3)18-10(16)14-12(5-6-17-8-12)9(15)7-13-4/h13H,5-8H2,1-4H3,(H,14,16). The maximum Gasteiger partial charge on any atom is 0.408 e. The van der Waals surface area contributed by atoms with Crippen LogP contribution >= 0.6 is 0 Å². The largest absolute Gasteiger partial charge is 0.444 e. The first-order valence-corrected chi connectivity index (χ1v) is 6.06. The number of ketones is 1. The van der Waals surface area contributed by atoms with Crippen molar-refractivity contribution in [3.8, 4) is 0 Å². The van der Waals surface area contributed by atoms with Crippen molar-refractivity contribution in [3.05, 3.63) is 0 Å². The number of carbonyl (C=O) groups excluding carboxylic acids is 2. The molecular formula is C12H22N2O4. The average molecular weight is 258 g/mol. The van der Waals surface area contributed by atoms with Crippen molar-refractivity contribution in [1.82, 2.24) is 10.6 Å². The number of carbonyl (C=O) groups is 2. The van der Waals surface area contributed by atoms with Crippen LogP contribution in [0.2, 0.25) is 0 Å². The number of Topliss-reactive ketones (excluding diaryl/α,β-unsaturated/α-hetero) is 1. The fraction of sp³-hybridized carbons (Fsp3) is 0.833. The van der Waals surface area contributed by atoms with Gasteiger partial charge in [-0.2, -0.15) is 0 Å². The highest BCUT2D eigenvalue weighted by Gasteiger charge is 2.43. The summed E-state index contributed by atoms with van der Waals surface area (Å²) >= 11 is 0. The average Bonchev–Trinajstić information content (AvgIpc) is 2.64. The van der Waals surface area contributed by atoms with Crippen LogP contribution in [-0.2, 0) is 14.3 Å². The predicted octanol–water partition coefficient (Wildman–Crippen LogP) is 0.459. The summed E-state index contributed by atoms with van der Waals surface area (Å²) in [6, 6.07) is 0. The van der Waals surface area contributed by atoms with E-state index in [4.69, 9.17) is 9.47 Å². The lowest BCUT2D eigenvalue weighted by atomic mass is 9.93. The smallest absolute Gasteiger partial charge is 0.408 e. The van der Waals surface area contributed by atoms with Crippen molar-refractivity contribution < 1.29 is 19.1 Å². The van der Waals surface area contributed by atoms with Crippen LogP contribution in [0.3, 0.4) is 0 Å². The van der Waals surface area contributed by atoms with Gasteiger partial charge in [0.2, 0.25) is 0 Å². The van der Waals surface area contributed by atoms with Gasteiger partial charge in [0.25, 0.3) is 0 Å². The molecule has 0 aliphatic carbocycles. The molecule has 0 aromatic rings. The van der Waals surface area contributed by atoms with Gasteiger partial charge < -0.3 is 20.1 Å². The fourth-order valence-corrected chi connectivity index (χ4v) is 1.78. The number of ether oxygens (including phenoxy) is 2. The Morgan fingerprint density at radius 2 is 2.06 bits per heavy atom. The summed E-state index contributed by atoms with van der Waals surface area (Å²) in [7, 11) is 1.69. The van der Waals surface area contributed by atoms with Gasteiger partial charge in [-0.3, -0.25) is 4.79 Å². The molecule has 6 nitrogen and oxygen atoms in total. The maximum atomic E-state index is 12.1. The van der Waals surface area contributed by atoms with Crippen molar-refractivity contribution in [2.24, 2.45) is 0 Å². The van der Waals surface area contributed by atoms with Crippen LogP contribution in [-0.4, -0.2) is 49.8 Å². The molecule has 1 unspecified atom stereocenters. The van der Waals surface area contributed by atoms with Crippen molar-refractivity contribution in [3.63, 3.8) is 0 Å². The topological polar surface area (TPSA) is 76.7 Å². The summed E-state index contributed by atoms with van der Waals surface area (Å²) < 4.78 is 10.4. The van der Waals surface area contributed by atoms with Crippen LogP contribution in [0.1, 0.15) is 27.2 Å². The summed E-state index contributed by atoms with van der Waals surface area (Å²) in [5.41, 5.74) is -1.54. The van der Waals surface area contributed by atoms with Gasteiger partial charge in [0, 0.05) is 13.0 Å². The molecule has 1 saturated heterocycles. The molecule has 1 atom stereocenters. The van der Waals surface area contributed by atoms with Crippen molar-refractivity contribution in [2.75, 3.05) is 26.8 Å². The van der Waals surface area contributed by atoms with Crippen LogP contribution in [0.5, 0.6) is 0 Å². The van der Waals surface area contributed by atoms with E-state index in [1.807, 2.05) is 0 Å². The summed E-state index contributed by atoms with van der Waals surface area (Å²) in [6.07, 6.45) is -0.107. The third kappa shape index (κ3) is 3.96. The first-order valence-electron chi connectivity index (χ1n) is 6.06. The zero-order chi connectivity index (χ0) is 13.8. The van der Waals surface area contributed by atoms with Gasteiger partial charge in [-0.05, 0) is 27.8 Å². The van der Waals surface area contributed by atoms with Crippen LogP contribution < -0.4 is 10.6 Å². The van der Waals surface area contributed by atoms with E-state index in [0.717, 1.165) is 0 Å². The molecule has 0 saturated carbocycles. The van der Waals surface area contributed by atoms with E-state index in [1.54, 1.807) is 27.8 Å². The van der Waals surface area contributed by atoms with E-state index < -0.39 is 17.2 Å². The number of amides is 1. The Hall–Kier alpha value is -1.14. The Bertz CT molecular complexity index is 317. The molecule has 0 aromatic carbocycles. The highest BCUT2D eigenvalue weighted by molar-refractivity contribution is 5.93. The molecule has 2 N–H and O–H groups in total. The minimum atomic E-state index is -0.953. The third-order valence-electron chi connectivity index (χ3n) is 2.63. The fourth-order valence-electron chi connectivity index (χ4n) is 1.78. The van der Waals surface area contributed by atoms with Gasteiger partial charge in [-0.15, -0.1) is 0 Å². The lowest BCUT2D eigenvalue weighted by Crippen LogP contribution is -2.58. The zero-order valence-electron chi connectivity index (χ0n) is 11.5. The molecule has 1 fully saturated rings. The zero-order valence-corrected chi connectivity index (χ0v) is 11.5. The molecular weight excluding hydrogens is 236 g/mol. The molecule has 0 bridgehead atoms. The van der Waals surface area contributed by atoms with Gasteiger partial charge in [-0.1, -0.05) is 0 Å². The van der Waals surface area contributed by atoms with E-state index in [2.05, 4.69) is 10.6 Å². The number of hydrogen-bond donors (Lipinski definition) is 2. The molecule has 0 spiro atoms. The monoisotopic (exact) mass is 258 g/mol.